The average Bonchev–Trinajstić information content (AvgIpc) is 2.81. The first-order valence-corrected chi connectivity index (χ1v) is 6.72. The highest BCUT2D eigenvalue weighted by atomic mass is 16.1. The fraction of sp³-hybridized carbons (Fsp3) is 0.375. The molecule has 1 aromatic heterocycles. The molecule has 0 bridgehead atoms. The first kappa shape index (κ1) is 14.3. The minimum absolute atomic E-state index is 0.0608. The van der Waals surface area contributed by atoms with Crippen molar-refractivity contribution in [2.75, 3.05) is 0 Å². The Hall–Kier alpha value is -2.10. The number of carbonyl (C=O) groups excluding carboxylic acids is 1. The van der Waals surface area contributed by atoms with Gasteiger partial charge in [-0.15, -0.1) is 0 Å². The molecule has 1 N–H and O–H groups in total. The highest BCUT2D eigenvalue weighted by Gasteiger charge is 2.14. The van der Waals surface area contributed by atoms with Crippen molar-refractivity contribution in [2.24, 2.45) is 7.05 Å². The van der Waals surface area contributed by atoms with Crippen LogP contribution in [-0.2, 0) is 19.0 Å². The fourth-order valence-electron chi connectivity index (χ4n) is 1.97. The summed E-state index contributed by atoms with van der Waals surface area (Å²) in [6, 6.07) is 7.77. The molecule has 20 heavy (non-hydrogen) atoms. The second-order valence-electron chi connectivity index (χ2n) is 6.03. The lowest BCUT2D eigenvalue weighted by Crippen LogP contribution is -2.22. The Labute approximate surface area is 119 Å². The molecular formula is C16H21N3O. The lowest BCUT2D eigenvalue weighted by molar-refractivity contribution is 0.0951. The van der Waals surface area contributed by atoms with Gasteiger partial charge in [0.05, 0.1) is 6.20 Å². The van der Waals surface area contributed by atoms with Crippen LogP contribution in [0.4, 0.5) is 0 Å². The van der Waals surface area contributed by atoms with Crippen LogP contribution in [0.2, 0.25) is 0 Å². The molecule has 0 saturated carbocycles. The maximum absolute atomic E-state index is 12.0. The maximum atomic E-state index is 12.0. The van der Waals surface area contributed by atoms with E-state index in [0.29, 0.717) is 12.1 Å². The Balaban J connectivity index is 1.99. The van der Waals surface area contributed by atoms with E-state index in [4.69, 9.17) is 0 Å². The van der Waals surface area contributed by atoms with Crippen molar-refractivity contribution in [1.29, 1.82) is 0 Å². The lowest BCUT2D eigenvalue weighted by atomic mass is 9.87. The summed E-state index contributed by atoms with van der Waals surface area (Å²) >= 11 is 0. The van der Waals surface area contributed by atoms with Crippen LogP contribution in [0.1, 0.15) is 42.3 Å². The van der Waals surface area contributed by atoms with E-state index >= 15 is 0 Å². The molecule has 0 saturated heterocycles. The molecule has 0 spiro atoms. The summed E-state index contributed by atoms with van der Waals surface area (Å²) < 4.78 is 1.72. The number of hydrogen-bond acceptors (Lipinski definition) is 2. The van der Waals surface area contributed by atoms with Crippen LogP contribution < -0.4 is 5.32 Å². The van der Waals surface area contributed by atoms with Gasteiger partial charge in [0.25, 0.3) is 5.91 Å². The number of carbonyl (C=O) groups is 1. The number of amides is 1. The van der Waals surface area contributed by atoms with E-state index in [-0.39, 0.29) is 11.3 Å². The van der Waals surface area contributed by atoms with Gasteiger partial charge in [-0.25, -0.2) is 0 Å². The third kappa shape index (κ3) is 3.47. The Morgan fingerprint density at radius 1 is 1.25 bits per heavy atom. The normalized spacial score (nSPS) is 11.4. The number of hydrogen-bond donors (Lipinski definition) is 1. The number of aryl methyl sites for hydroxylation is 1. The van der Waals surface area contributed by atoms with Crippen molar-refractivity contribution in [3.8, 4) is 0 Å². The smallest absolute Gasteiger partial charge is 0.251 e. The zero-order valence-corrected chi connectivity index (χ0v) is 12.5. The van der Waals surface area contributed by atoms with Gasteiger partial charge in [0.1, 0.15) is 0 Å². The Bertz CT molecular complexity index is 591. The van der Waals surface area contributed by atoms with Gasteiger partial charge in [-0.3, -0.25) is 9.48 Å². The second-order valence-corrected chi connectivity index (χ2v) is 6.03. The molecule has 0 aliphatic carbocycles. The van der Waals surface area contributed by atoms with Crippen LogP contribution >= 0.6 is 0 Å². The lowest BCUT2D eigenvalue weighted by Gasteiger charge is -2.19. The molecule has 106 valence electrons. The Kier molecular flexibility index (Phi) is 3.93. The number of aromatic nitrogens is 2. The van der Waals surface area contributed by atoms with Gasteiger partial charge in [0, 0.05) is 30.9 Å². The molecule has 0 atom stereocenters. The predicted molar refractivity (Wildman–Crippen MR) is 79.5 cm³/mol. The highest BCUT2D eigenvalue weighted by molar-refractivity contribution is 5.94. The molecule has 4 heteroatoms. The largest absolute Gasteiger partial charge is 0.348 e. The van der Waals surface area contributed by atoms with E-state index in [1.807, 2.05) is 37.5 Å². The average molecular weight is 271 g/mol. The van der Waals surface area contributed by atoms with Gasteiger partial charge in [-0.1, -0.05) is 32.9 Å². The molecular weight excluding hydrogens is 250 g/mol. The van der Waals surface area contributed by atoms with E-state index in [9.17, 15) is 4.79 Å². The van der Waals surface area contributed by atoms with Crippen molar-refractivity contribution in [2.45, 2.75) is 32.7 Å². The molecule has 0 aliphatic rings. The minimum atomic E-state index is -0.0608. The van der Waals surface area contributed by atoms with Crippen LogP contribution in [-0.4, -0.2) is 15.7 Å². The maximum Gasteiger partial charge on any atom is 0.251 e. The van der Waals surface area contributed by atoms with Gasteiger partial charge < -0.3 is 5.32 Å². The van der Waals surface area contributed by atoms with Gasteiger partial charge in [0.2, 0.25) is 0 Å². The predicted octanol–water partition coefficient (Wildman–Crippen LogP) is 2.65. The quantitative estimate of drug-likeness (QED) is 0.933. The fourth-order valence-corrected chi connectivity index (χ4v) is 1.97. The minimum Gasteiger partial charge on any atom is -0.348 e. The van der Waals surface area contributed by atoms with E-state index in [1.54, 1.807) is 10.9 Å². The van der Waals surface area contributed by atoms with Crippen LogP contribution in [0.15, 0.2) is 36.7 Å². The van der Waals surface area contributed by atoms with Crippen molar-refractivity contribution < 1.29 is 4.79 Å². The number of nitrogens with one attached hydrogen (secondary N) is 1. The molecule has 0 radical (unpaired) electrons. The van der Waals surface area contributed by atoms with E-state index < -0.39 is 0 Å². The van der Waals surface area contributed by atoms with Gasteiger partial charge in [0.15, 0.2) is 0 Å². The standard InChI is InChI=1S/C16H21N3O/c1-16(2,3)14-7-5-13(6-8-14)15(20)17-9-12-10-18-19(4)11-12/h5-8,10-11H,9H2,1-4H3,(H,17,20). The summed E-state index contributed by atoms with van der Waals surface area (Å²) in [7, 11) is 1.86. The number of nitrogens with zero attached hydrogens (tertiary/aromatic N) is 2. The SMILES string of the molecule is Cn1cc(CNC(=O)c2ccc(C(C)(C)C)cc2)cn1. The van der Waals surface area contributed by atoms with Crippen molar-refractivity contribution in [1.82, 2.24) is 15.1 Å². The van der Waals surface area contributed by atoms with Crippen molar-refractivity contribution in [3.63, 3.8) is 0 Å². The van der Waals surface area contributed by atoms with E-state index in [1.165, 1.54) is 5.56 Å². The molecule has 0 unspecified atom stereocenters. The Morgan fingerprint density at radius 2 is 1.90 bits per heavy atom. The Morgan fingerprint density at radius 3 is 2.40 bits per heavy atom. The van der Waals surface area contributed by atoms with Crippen molar-refractivity contribution >= 4 is 5.91 Å². The van der Waals surface area contributed by atoms with Crippen LogP contribution in [0.3, 0.4) is 0 Å². The zero-order chi connectivity index (χ0) is 14.8. The zero-order valence-electron chi connectivity index (χ0n) is 12.5. The summed E-state index contributed by atoms with van der Waals surface area (Å²) in [6.07, 6.45) is 3.64. The van der Waals surface area contributed by atoms with Gasteiger partial charge in [-0.2, -0.15) is 5.10 Å². The molecule has 2 aromatic rings. The summed E-state index contributed by atoms with van der Waals surface area (Å²) in [6.45, 7) is 6.97. The van der Waals surface area contributed by atoms with Crippen LogP contribution in [0, 0.1) is 0 Å². The van der Waals surface area contributed by atoms with Crippen LogP contribution in [0.25, 0.3) is 0 Å². The third-order valence-corrected chi connectivity index (χ3v) is 3.22. The summed E-state index contributed by atoms with van der Waals surface area (Å²) in [4.78, 5) is 12.0. The van der Waals surface area contributed by atoms with E-state index in [2.05, 4.69) is 31.2 Å². The van der Waals surface area contributed by atoms with Gasteiger partial charge in [-0.05, 0) is 23.1 Å². The first-order chi connectivity index (χ1) is 9.36. The summed E-state index contributed by atoms with van der Waals surface area (Å²) in [5.41, 5.74) is 3.00. The van der Waals surface area contributed by atoms with E-state index in [0.717, 1.165) is 5.56 Å². The molecule has 1 aromatic carbocycles. The molecule has 1 amide bonds. The molecule has 0 fully saturated rings. The highest BCUT2D eigenvalue weighted by Crippen LogP contribution is 2.22. The monoisotopic (exact) mass is 271 g/mol. The summed E-state index contributed by atoms with van der Waals surface area (Å²) in [5, 5.41) is 6.97. The third-order valence-electron chi connectivity index (χ3n) is 3.22. The summed E-state index contributed by atoms with van der Waals surface area (Å²) in [5.74, 6) is -0.0608. The van der Waals surface area contributed by atoms with Crippen LogP contribution in [0.5, 0.6) is 0 Å². The van der Waals surface area contributed by atoms with Crippen molar-refractivity contribution in [3.05, 3.63) is 53.3 Å². The molecule has 2 rings (SSSR count). The number of rotatable bonds is 3. The van der Waals surface area contributed by atoms with Gasteiger partial charge >= 0.3 is 0 Å². The molecule has 1 heterocycles. The first-order valence-electron chi connectivity index (χ1n) is 6.72. The number of benzene rings is 1. The topological polar surface area (TPSA) is 46.9 Å². The second kappa shape index (κ2) is 5.49. The molecule has 4 nitrogen and oxygen atoms in total. The molecule has 0 aliphatic heterocycles.